The molecule has 0 spiro atoms. The van der Waals surface area contributed by atoms with Crippen molar-refractivity contribution in [2.75, 3.05) is 12.9 Å². The summed E-state index contributed by atoms with van der Waals surface area (Å²) in [5, 5.41) is 20.3. The molecule has 1 atom stereocenters. The Morgan fingerprint density at radius 3 is 2.58 bits per heavy atom. The lowest BCUT2D eigenvalue weighted by Crippen LogP contribution is -2.18. The Balaban J connectivity index is 1.54. The van der Waals surface area contributed by atoms with Crippen LogP contribution in [0.25, 0.3) is 12.2 Å². The summed E-state index contributed by atoms with van der Waals surface area (Å²) in [5.41, 5.74) is 4.31. The first-order valence-corrected chi connectivity index (χ1v) is 14.1. The van der Waals surface area contributed by atoms with E-state index in [4.69, 9.17) is 4.74 Å². The van der Waals surface area contributed by atoms with Crippen LogP contribution in [0, 0.1) is 5.41 Å². The van der Waals surface area contributed by atoms with E-state index in [1.165, 1.54) is 5.56 Å². The molecule has 1 saturated carbocycles. The van der Waals surface area contributed by atoms with E-state index in [1.807, 2.05) is 62.0 Å². The summed E-state index contributed by atoms with van der Waals surface area (Å²) in [6, 6.07) is 20.5. The van der Waals surface area contributed by atoms with Gasteiger partial charge < -0.3 is 14.9 Å². The molecule has 3 aromatic rings. The largest absolute Gasteiger partial charge is 0.495 e. The summed E-state index contributed by atoms with van der Waals surface area (Å²) in [6.45, 7) is 3.66. The van der Waals surface area contributed by atoms with Gasteiger partial charge in [-0.25, -0.2) is 0 Å². The molecule has 1 aliphatic carbocycles. The monoisotopic (exact) mass is 531 g/mol. The van der Waals surface area contributed by atoms with Gasteiger partial charge in [-0.05, 0) is 85.4 Å². The molecule has 200 valence electrons. The topological polar surface area (TPSA) is 79.7 Å². The van der Waals surface area contributed by atoms with Crippen molar-refractivity contribution in [2.45, 2.75) is 56.8 Å². The van der Waals surface area contributed by atoms with Gasteiger partial charge in [0.15, 0.2) is 0 Å². The first-order chi connectivity index (χ1) is 18.2. The number of thioether (sulfide) groups is 1. The number of aliphatic hydroxyl groups is 1. The van der Waals surface area contributed by atoms with Crippen LogP contribution in [0.15, 0.2) is 66.9 Å². The molecule has 0 amide bonds. The number of carboxylic acids is 1. The highest BCUT2D eigenvalue weighted by atomic mass is 32.2. The summed E-state index contributed by atoms with van der Waals surface area (Å²) >= 11 is 1.87. The molecular formula is C32H37NO4S. The van der Waals surface area contributed by atoms with Gasteiger partial charge in [0, 0.05) is 11.0 Å². The van der Waals surface area contributed by atoms with Gasteiger partial charge in [0.05, 0.1) is 31.0 Å². The lowest BCUT2D eigenvalue weighted by Gasteiger charge is -2.24. The summed E-state index contributed by atoms with van der Waals surface area (Å²) < 4.78 is 5.19. The first kappa shape index (κ1) is 27.9. The highest BCUT2D eigenvalue weighted by molar-refractivity contribution is 7.99. The first-order valence-electron chi connectivity index (χ1n) is 13.1. The Morgan fingerprint density at radius 2 is 1.92 bits per heavy atom. The Hall–Kier alpha value is -3.09. The maximum absolute atomic E-state index is 11.4. The molecule has 2 aromatic carbocycles. The fourth-order valence-corrected chi connectivity index (χ4v) is 6.34. The molecule has 1 fully saturated rings. The maximum Gasteiger partial charge on any atom is 0.303 e. The molecule has 4 rings (SSSR count). The van der Waals surface area contributed by atoms with Gasteiger partial charge in [0.2, 0.25) is 0 Å². The van der Waals surface area contributed by atoms with Gasteiger partial charge >= 0.3 is 5.97 Å². The van der Waals surface area contributed by atoms with E-state index in [1.54, 1.807) is 13.3 Å². The summed E-state index contributed by atoms with van der Waals surface area (Å²) in [4.78, 5) is 15.8. The lowest BCUT2D eigenvalue weighted by molar-refractivity contribution is -0.138. The number of carboxylic acid groups (broad SMARTS) is 1. The van der Waals surface area contributed by atoms with Gasteiger partial charge in [-0.15, -0.1) is 0 Å². The third kappa shape index (κ3) is 7.71. The van der Waals surface area contributed by atoms with Crippen LogP contribution < -0.4 is 4.74 Å². The van der Waals surface area contributed by atoms with Crippen molar-refractivity contribution in [1.82, 2.24) is 4.98 Å². The number of aromatic nitrogens is 1. The Kier molecular flexibility index (Phi) is 8.95. The number of nitrogens with zero attached hydrogens (tertiary/aromatic N) is 1. The SMILES string of the molecule is COc1ccc(/C=C/c2cccc([C@@H](CCc3ccccc3C(C)(C)O)SCC3(CC(=O)O)CC3)c2)nc1. The summed E-state index contributed by atoms with van der Waals surface area (Å²) in [6.07, 6.45) is 9.71. The van der Waals surface area contributed by atoms with E-state index < -0.39 is 11.6 Å². The molecule has 2 N–H and O–H groups in total. The highest BCUT2D eigenvalue weighted by Crippen LogP contribution is 2.53. The Morgan fingerprint density at radius 1 is 1.13 bits per heavy atom. The minimum absolute atomic E-state index is 0.0721. The van der Waals surface area contributed by atoms with Crippen molar-refractivity contribution in [2.24, 2.45) is 5.41 Å². The smallest absolute Gasteiger partial charge is 0.303 e. The van der Waals surface area contributed by atoms with Crippen LogP contribution >= 0.6 is 11.8 Å². The van der Waals surface area contributed by atoms with Crippen LogP contribution in [0.5, 0.6) is 5.75 Å². The van der Waals surface area contributed by atoms with Gasteiger partial charge in [-0.3, -0.25) is 9.78 Å². The number of methoxy groups -OCH3 is 1. The van der Waals surface area contributed by atoms with Crippen molar-refractivity contribution in [3.63, 3.8) is 0 Å². The van der Waals surface area contributed by atoms with E-state index >= 15 is 0 Å². The van der Waals surface area contributed by atoms with Gasteiger partial charge in [0.1, 0.15) is 5.75 Å². The predicted molar refractivity (Wildman–Crippen MR) is 155 cm³/mol. The second-order valence-corrected chi connectivity index (χ2v) is 11.9. The zero-order valence-electron chi connectivity index (χ0n) is 22.4. The van der Waals surface area contributed by atoms with Crippen molar-refractivity contribution >= 4 is 29.9 Å². The van der Waals surface area contributed by atoms with Gasteiger partial charge in [-0.1, -0.05) is 54.6 Å². The van der Waals surface area contributed by atoms with Crippen LogP contribution in [0.2, 0.25) is 0 Å². The van der Waals surface area contributed by atoms with E-state index in [-0.39, 0.29) is 17.1 Å². The molecule has 38 heavy (non-hydrogen) atoms. The predicted octanol–water partition coefficient (Wildman–Crippen LogP) is 7.15. The highest BCUT2D eigenvalue weighted by Gasteiger charge is 2.44. The van der Waals surface area contributed by atoms with Crippen LogP contribution in [0.3, 0.4) is 0 Å². The van der Waals surface area contributed by atoms with Crippen LogP contribution in [-0.2, 0) is 16.8 Å². The number of rotatable bonds is 13. The van der Waals surface area contributed by atoms with Gasteiger partial charge in [-0.2, -0.15) is 11.8 Å². The van der Waals surface area contributed by atoms with Crippen LogP contribution in [0.1, 0.15) is 72.7 Å². The van der Waals surface area contributed by atoms with E-state index in [2.05, 4.69) is 41.4 Å². The average Bonchev–Trinajstić information content (AvgIpc) is 3.66. The Labute approximate surface area is 230 Å². The minimum Gasteiger partial charge on any atom is -0.495 e. The van der Waals surface area contributed by atoms with Gasteiger partial charge in [0.25, 0.3) is 0 Å². The molecule has 0 saturated heterocycles. The zero-order chi connectivity index (χ0) is 27.2. The molecule has 0 unspecified atom stereocenters. The molecule has 0 aliphatic heterocycles. The average molecular weight is 532 g/mol. The quantitative estimate of drug-likeness (QED) is 0.244. The molecule has 0 bridgehead atoms. The van der Waals surface area contributed by atoms with Crippen LogP contribution in [0.4, 0.5) is 0 Å². The normalized spacial score (nSPS) is 15.4. The maximum atomic E-state index is 11.4. The number of benzene rings is 2. The standard InChI is InChI=1S/C32H37NO4S/c1-31(2,36)28-10-5-4-8-24(28)12-16-29(38-22-32(17-18-32)20-30(34)35)25-9-6-7-23(19-25)11-13-26-14-15-27(37-3)21-33-26/h4-11,13-15,19,21,29,36H,12,16-18,20,22H2,1-3H3,(H,34,35)/b13-11+/t29-/m1/s1. The van der Waals surface area contributed by atoms with E-state index in [0.29, 0.717) is 0 Å². The fraction of sp³-hybridized carbons (Fsp3) is 0.375. The molecule has 6 heteroatoms. The van der Waals surface area contributed by atoms with Crippen molar-refractivity contribution in [1.29, 1.82) is 0 Å². The molecule has 1 aromatic heterocycles. The molecule has 0 radical (unpaired) electrons. The second kappa shape index (κ2) is 12.2. The molecular weight excluding hydrogens is 494 g/mol. The molecule has 5 nitrogen and oxygen atoms in total. The summed E-state index contributed by atoms with van der Waals surface area (Å²) in [5.74, 6) is 0.858. The third-order valence-electron chi connectivity index (χ3n) is 7.15. The van der Waals surface area contributed by atoms with Crippen LogP contribution in [-0.4, -0.2) is 34.0 Å². The molecule has 1 heterocycles. The number of hydrogen-bond acceptors (Lipinski definition) is 5. The minimum atomic E-state index is -0.904. The van der Waals surface area contributed by atoms with E-state index in [0.717, 1.165) is 59.6 Å². The zero-order valence-corrected chi connectivity index (χ0v) is 23.2. The van der Waals surface area contributed by atoms with Crippen molar-refractivity contribution in [3.8, 4) is 5.75 Å². The lowest BCUT2D eigenvalue weighted by atomic mass is 9.90. The fourth-order valence-electron chi connectivity index (χ4n) is 4.77. The van der Waals surface area contributed by atoms with E-state index in [9.17, 15) is 15.0 Å². The number of ether oxygens (including phenoxy) is 1. The molecule has 1 aliphatic rings. The van der Waals surface area contributed by atoms with Crippen molar-refractivity contribution < 1.29 is 19.7 Å². The Bertz CT molecular complexity index is 1260. The third-order valence-corrected chi connectivity index (χ3v) is 8.84. The number of aryl methyl sites for hydroxylation is 1. The number of aliphatic carboxylic acids is 1. The number of pyridine rings is 1. The number of carbonyl (C=O) groups is 1. The second-order valence-electron chi connectivity index (χ2n) is 10.8. The summed E-state index contributed by atoms with van der Waals surface area (Å²) in [7, 11) is 1.63. The van der Waals surface area contributed by atoms with Crippen molar-refractivity contribution in [3.05, 3.63) is 94.8 Å². The number of hydrogen-bond donors (Lipinski definition) is 2.